The van der Waals surface area contributed by atoms with Crippen molar-refractivity contribution in [1.29, 1.82) is 0 Å². The lowest BCUT2D eigenvalue weighted by Gasteiger charge is -2.15. The maximum absolute atomic E-state index is 6.09. The van der Waals surface area contributed by atoms with E-state index in [1.807, 2.05) is 6.07 Å². The molecule has 3 nitrogen and oxygen atoms in total. The van der Waals surface area contributed by atoms with E-state index in [-0.39, 0.29) is 0 Å². The highest BCUT2D eigenvalue weighted by Crippen LogP contribution is 2.31. The molecule has 1 saturated carbocycles. The van der Waals surface area contributed by atoms with Gasteiger partial charge in [0.1, 0.15) is 11.3 Å². The number of para-hydroxylation sites is 1. The Kier molecular flexibility index (Phi) is 4.08. The molecule has 1 aromatic carbocycles. The second kappa shape index (κ2) is 5.98. The van der Waals surface area contributed by atoms with Gasteiger partial charge in [0.15, 0.2) is 0 Å². The van der Waals surface area contributed by atoms with Crippen LogP contribution < -0.4 is 5.32 Å². The van der Waals surface area contributed by atoms with E-state index in [0.717, 1.165) is 36.9 Å². The minimum atomic E-state index is 0.889. The minimum absolute atomic E-state index is 0.889. The van der Waals surface area contributed by atoms with E-state index >= 15 is 0 Å². The van der Waals surface area contributed by atoms with E-state index in [1.54, 1.807) is 0 Å². The van der Waals surface area contributed by atoms with Crippen LogP contribution in [-0.4, -0.2) is 25.0 Å². The Balaban J connectivity index is 1.83. The molecule has 20 heavy (non-hydrogen) atoms. The Bertz CT molecular complexity index is 571. The average molecular weight is 272 g/mol. The summed E-state index contributed by atoms with van der Waals surface area (Å²) in [7, 11) is 2.20. The highest BCUT2D eigenvalue weighted by molar-refractivity contribution is 5.82. The molecule has 3 rings (SSSR count). The molecule has 0 aliphatic heterocycles. The maximum atomic E-state index is 6.09. The summed E-state index contributed by atoms with van der Waals surface area (Å²) in [5, 5.41) is 4.68. The predicted molar refractivity (Wildman–Crippen MR) is 82.7 cm³/mol. The lowest BCUT2D eigenvalue weighted by molar-refractivity contribution is 0.286. The van der Waals surface area contributed by atoms with Crippen LogP contribution in [0.1, 0.15) is 31.1 Å². The second-order valence-electron chi connectivity index (χ2n) is 5.92. The van der Waals surface area contributed by atoms with Crippen LogP contribution in [0.4, 0.5) is 0 Å². The van der Waals surface area contributed by atoms with Crippen molar-refractivity contribution in [2.75, 3.05) is 20.1 Å². The topological polar surface area (TPSA) is 28.4 Å². The zero-order valence-corrected chi connectivity index (χ0v) is 12.5. The van der Waals surface area contributed by atoms with Gasteiger partial charge in [0.2, 0.25) is 0 Å². The number of nitrogens with one attached hydrogen (secondary N) is 1. The fourth-order valence-corrected chi connectivity index (χ4v) is 2.77. The van der Waals surface area contributed by atoms with E-state index in [0.29, 0.717) is 0 Å². The number of benzene rings is 1. The molecule has 1 heterocycles. The summed E-state index contributed by atoms with van der Waals surface area (Å²) >= 11 is 0. The molecular formula is C17H24N2O. The van der Waals surface area contributed by atoms with Gasteiger partial charge in [-0.2, -0.15) is 0 Å². The van der Waals surface area contributed by atoms with Crippen LogP contribution in [0.2, 0.25) is 0 Å². The summed E-state index contributed by atoms with van der Waals surface area (Å²) in [4.78, 5) is 2.39. The molecule has 0 saturated heterocycles. The fraction of sp³-hybridized carbons (Fsp3) is 0.529. The minimum Gasteiger partial charge on any atom is -0.459 e. The molecule has 0 radical (unpaired) electrons. The maximum Gasteiger partial charge on any atom is 0.134 e. The van der Waals surface area contributed by atoms with Gasteiger partial charge in [0.25, 0.3) is 0 Å². The molecule has 1 aliphatic carbocycles. The van der Waals surface area contributed by atoms with Crippen molar-refractivity contribution in [3.63, 3.8) is 0 Å². The number of rotatable bonds is 7. The van der Waals surface area contributed by atoms with Crippen LogP contribution in [0.5, 0.6) is 0 Å². The van der Waals surface area contributed by atoms with Crippen molar-refractivity contribution in [3.8, 4) is 0 Å². The van der Waals surface area contributed by atoms with E-state index < -0.39 is 0 Å². The molecule has 1 aromatic heterocycles. The predicted octanol–water partition coefficient (Wildman–Crippen LogP) is 3.38. The van der Waals surface area contributed by atoms with Gasteiger partial charge < -0.3 is 9.73 Å². The number of hydrogen-bond acceptors (Lipinski definition) is 3. The van der Waals surface area contributed by atoms with Crippen molar-refractivity contribution < 1.29 is 4.42 Å². The van der Waals surface area contributed by atoms with Crippen molar-refractivity contribution in [1.82, 2.24) is 10.2 Å². The smallest absolute Gasteiger partial charge is 0.134 e. The third-order valence-electron chi connectivity index (χ3n) is 4.01. The van der Waals surface area contributed by atoms with Gasteiger partial charge in [0.05, 0.1) is 6.54 Å². The van der Waals surface area contributed by atoms with Gasteiger partial charge in [-0.15, -0.1) is 0 Å². The Morgan fingerprint density at radius 3 is 2.85 bits per heavy atom. The van der Waals surface area contributed by atoms with Gasteiger partial charge in [-0.25, -0.2) is 0 Å². The Morgan fingerprint density at radius 2 is 2.10 bits per heavy atom. The summed E-state index contributed by atoms with van der Waals surface area (Å²) in [6.45, 7) is 6.11. The normalized spacial score (nSPS) is 15.3. The lowest BCUT2D eigenvalue weighted by Crippen LogP contribution is -2.21. The molecule has 0 unspecified atom stereocenters. The summed E-state index contributed by atoms with van der Waals surface area (Å²) < 4.78 is 6.09. The first-order chi connectivity index (χ1) is 9.78. The molecule has 0 amide bonds. The van der Waals surface area contributed by atoms with Crippen LogP contribution in [0.15, 0.2) is 28.7 Å². The molecular weight excluding hydrogens is 248 g/mol. The van der Waals surface area contributed by atoms with Gasteiger partial charge in [-0.3, -0.25) is 4.90 Å². The molecule has 2 aromatic rings. The summed E-state index contributed by atoms with van der Waals surface area (Å²) in [5.41, 5.74) is 2.33. The average Bonchev–Trinajstić information content (AvgIpc) is 3.18. The van der Waals surface area contributed by atoms with Gasteiger partial charge in [-0.1, -0.05) is 25.1 Å². The highest BCUT2D eigenvalue weighted by atomic mass is 16.3. The summed E-state index contributed by atoms with van der Waals surface area (Å²) in [6.07, 6.45) is 2.80. The first-order valence-corrected chi connectivity index (χ1v) is 7.66. The Morgan fingerprint density at radius 1 is 1.30 bits per heavy atom. The fourth-order valence-electron chi connectivity index (χ4n) is 2.77. The SMILES string of the molecule is CCNCc1c(CN(C)CC2CC2)oc2ccccc12. The van der Waals surface area contributed by atoms with Gasteiger partial charge in [-0.05, 0) is 38.4 Å². The molecule has 1 aliphatic rings. The molecule has 108 valence electrons. The molecule has 3 heteroatoms. The molecule has 0 atom stereocenters. The quantitative estimate of drug-likeness (QED) is 0.837. The van der Waals surface area contributed by atoms with Crippen molar-refractivity contribution in [2.45, 2.75) is 32.9 Å². The molecule has 1 fully saturated rings. The lowest BCUT2D eigenvalue weighted by atomic mass is 10.1. The number of fused-ring (bicyclic) bond motifs is 1. The van der Waals surface area contributed by atoms with Crippen LogP contribution in [0.25, 0.3) is 11.0 Å². The van der Waals surface area contributed by atoms with Crippen molar-refractivity contribution in [3.05, 3.63) is 35.6 Å². The Hall–Kier alpha value is -1.32. The van der Waals surface area contributed by atoms with Crippen LogP contribution in [0.3, 0.4) is 0 Å². The largest absolute Gasteiger partial charge is 0.459 e. The zero-order valence-electron chi connectivity index (χ0n) is 12.5. The monoisotopic (exact) mass is 272 g/mol. The molecule has 1 N–H and O–H groups in total. The molecule has 0 spiro atoms. The number of hydrogen-bond donors (Lipinski definition) is 1. The number of nitrogens with zero attached hydrogens (tertiary/aromatic N) is 1. The van der Waals surface area contributed by atoms with Gasteiger partial charge >= 0.3 is 0 Å². The third kappa shape index (κ3) is 3.05. The van der Waals surface area contributed by atoms with Gasteiger partial charge in [0, 0.05) is 24.0 Å². The first kappa shape index (κ1) is 13.7. The van der Waals surface area contributed by atoms with E-state index in [1.165, 1.54) is 30.3 Å². The van der Waals surface area contributed by atoms with Crippen LogP contribution in [0, 0.1) is 5.92 Å². The van der Waals surface area contributed by atoms with E-state index in [4.69, 9.17) is 4.42 Å². The first-order valence-electron chi connectivity index (χ1n) is 7.66. The van der Waals surface area contributed by atoms with Crippen molar-refractivity contribution in [2.24, 2.45) is 5.92 Å². The summed E-state index contributed by atoms with van der Waals surface area (Å²) in [5.74, 6) is 2.04. The van der Waals surface area contributed by atoms with Crippen LogP contribution in [-0.2, 0) is 13.1 Å². The molecule has 0 bridgehead atoms. The Labute approximate surface area is 120 Å². The second-order valence-corrected chi connectivity index (χ2v) is 5.92. The number of furan rings is 1. The third-order valence-corrected chi connectivity index (χ3v) is 4.01. The van der Waals surface area contributed by atoms with E-state index in [9.17, 15) is 0 Å². The highest BCUT2D eigenvalue weighted by Gasteiger charge is 2.24. The summed E-state index contributed by atoms with van der Waals surface area (Å²) in [6, 6.07) is 8.36. The van der Waals surface area contributed by atoms with Crippen LogP contribution >= 0.6 is 0 Å². The van der Waals surface area contributed by atoms with E-state index in [2.05, 4.69) is 42.4 Å². The van der Waals surface area contributed by atoms with Crippen molar-refractivity contribution >= 4 is 11.0 Å². The standard InChI is InChI=1S/C17H24N2O/c1-3-18-10-15-14-6-4-5-7-16(14)20-17(15)12-19(2)11-13-8-9-13/h4-7,13,18H,3,8-12H2,1-2H3. The zero-order chi connectivity index (χ0) is 13.9.